The molecule has 0 saturated heterocycles. The molecule has 1 aliphatic carbocycles. The molecule has 1 aliphatic heterocycles. The highest BCUT2D eigenvalue weighted by molar-refractivity contribution is 6.52. The second kappa shape index (κ2) is 3.82. The molecule has 0 spiro atoms. The lowest BCUT2D eigenvalue weighted by Crippen LogP contribution is -2.30. The molecule has 0 atom stereocenters. The third-order valence-electron chi connectivity index (χ3n) is 3.61. The van der Waals surface area contributed by atoms with Crippen molar-refractivity contribution in [2.24, 2.45) is 0 Å². The summed E-state index contributed by atoms with van der Waals surface area (Å²) in [6.45, 7) is 5.26. The fourth-order valence-corrected chi connectivity index (χ4v) is 2.49. The highest BCUT2D eigenvalue weighted by atomic mass is 16.5. The van der Waals surface area contributed by atoms with Gasteiger partial charge in [0.1, 0.15) is 17.1 Å². The summed E-state index contributed by atoms with van der Waals surface area (Å²) in [5.41, 5.74) is 0.792. The summed E-state index contributed by atoms with van der Waals surface area (Å²) >= 11 is 0. The number of hydrogen-bond acceptors (Lipinski definition) is 4. The smallest absolute Gasteiger partial charge is 0.234 e. The van der Waals surface area contributed by atoms with Crippen LogP contribution in [-0.2, 0) is 4.79 Å². The lowest BCUT2D eigenvalue weighted by atomic mass is 9.84. The summed E-state index contributed by atoms with van der Waals surface area (Å²) < 4.78 is 5.78. The quantitative estimate of drug-likeness (QED) is 0.736. The Balaban J connectivity index is 2.31. The average molecular weight is 270 g/mol. The number of aliphatic hydroxyl groups excluding tert-OH is 1. The van der Waals surface area contributed by atoms with Gasteiger partial charge in [-0.2, -0.15) is 0 Å². The van der Waals surface area contributed by atoms with Gasteiger partial charge in [0.2, 0.25) is 11.6 Å². The number of allylic oxidation sites excluding steroid dienone is 1. The Kier molecular flexibility index (Phi) is 2.42. The van der Waals surface area contributed by atoms with Crippen LogP contribution in [0.4, 0.5) is 0 Å². The minimum Gasteiger partial charge on any atom is -0.507 e. The minimum absolute atomic E-state index is 0.0866. The number of hydrogen-bond donors (Lipinski definition) is 1. The first-order chi connectivity index (χ1) is 9.32. The maximum atomic E-state index is 12.2. The number of carbonyl (C=O) groups excluding carboxylic acids is 2. The monoisotopic (exact) mass is 270 g/mol. The van der Waals surface area contributed by atoms with Crippen LogP contribution in [0.3, 0.4) is 0 Å². The Morgan fingerprint density at radius 1 is 1.15 bits per heavy atom. The maximum Gasteiger partial charge on any atom is 0.234 e. The molecule has 0 aromatic heterocycles. The van der Waals surface area contributed by atoms with E-state index in [1.54, 1.807) is 18.2 Å². The van der Waals surface area contributed by atoms with E-state index >= 15 is 0 Å². The van der Waals surface area contributed by atoms with Crippen LogP contribution in [0.5, 0.6) is 5.75 Å². The van der Waals surface area contributed by atoms with Crippen molar-refractivity contribution < 1.29 is 19.4 Å². The van der Waals surface area contributed by atoms with E-state index in [1.807, 2.05) is 19.9 Å². The summed E-state index contributed by atoms with van der Waals surface area (Å²) in [7, 11) is 0. The normalized spacial score (nSPS) is 19.6. The number of aliphatic hydroxyl groups is 1. The van der Waals surface area contributed by atoms with E-state index in [-0.39, 0.29) is 16.9 Å². The van der Waals surface area contributed by atoms with Crippen LogP contribution in [0.25, 0.3) is 11.8 Å². The van der Waals surface area contributed by atoms with Crippen molar-refractivity contribution >= 4 is 23.4 Å². The van der Waals surface area contributed by atoms with Gasteiger partial charge in [0.25, 0.3) is 0 Å². The molecule has 20 heavy (non-hydrogen) atoms. The van der Waals surface area contributed by atoms with Gasteiger partial charge < -0.3 is 9.84 Å². The van der Waals surface area contributed by atoms with Crippen LogP contribution >= 0.6 is 0 Å². The van der Waals surface area contributed by atoms with Crippen molar-refractivity contribution in [1.29, 1.82) is 0 Å². The first kappa shape index (κ1) is 12.7. The van der Waals surface area contributed by atoms with E-state index in [4.69, 9.17) is 4.74 Å². The topological polar surface area (TPSA) is 63.6 Å². The molecule has 102 valence electrons. The molecule has 4 heteroatoms. The number of benzene rings is 1. The number of fused-ring (bicyclic) bond motifs is 3. The minimum atomic E-state index is -0.665. The van der Waals surface area contributed by atoms with E-state index < -0.39 is 17.2 Å². The Bertz CT molecular complexity index is 720. The summed E-state index contributed by atoms with van der Waals surface area (Å²) in [5, 5.41) is 10.1. The highest BCUT2D eigenvalue weighted by Gasteiger charge is 2.35. The van der Waals surface area contributed by atoms with E-state index in [1.165, 1.54) is 6.92 Å². The zero-order valence-electron chi connectivity index (χ0n) is 11.5. The zero-order chi connectivity index (χ0) is 14.7. The number of Topliss-reactive ketones (excluding diaryl/α,β-unsaturated/α-hetero) is 2. The second-order valence-electron chi connectivity index (χ2n) is 5.57. The molecule has 0 radical (unpaired) electrons. The number of rotatable bonds is 0. The Labute approximate surface area is 116 Å². The van der Waals surface area contributed by atoms with Gasteiger partial charge in [-0.05, 0) is 39.0 Å². The van der Waals surface area contributed by atoms with Gasteiger partial charge in [-0.15, -0.1) is 0 Å². The van der Waals surface area contributed by atoms with Gasteiger partial charge in [0.15, 0.2) is 0 Å². The van der Waals surface area contributed by atoms with Crippen molar-refractivity contribution in [2.45, 2.75) is 26.4 Å². The van der Waals surface area contributed by atoms with Gasteiger partial charge in [-0.1, -0.05) is 6.08 Å². The Morgan fingerprint density at radius 3 is 2.55 bits per heavy atom. The number of carbonyl (C=O) groups is 2. The predicted octanol–water partition coefficient (Wildman–Crippen LogP) is 2.93. The predicted molar refractivity (Wildman–Crippen MR) is 74.7 cm³/mol. The van der Waals surface area contributed by atoms with Gasteiger partial charge in [-0.25, -0.2) is 0 Å². The molecule has 0 fully saturated rings. The van der Waals surface area contributed by atoms with Gasteiger partial charge in [0, 0.05) is 22.3 Å². The molecule has 0 unspecified atom stereocenters. The van der Waals surface area contributed by atoms with Crippen molar-refractivity contribution in [2.75, 3.05) is 0 Å². The lowest BCUT2D eigenvalue weighted by molar-refractivity contribution is -0.111. The van der Waals surface area contributed by atoms with Gasteiger partial charge in [0.05, 0.1) is 0 Å². The lowest BCUT2D eigenvalue weighted by Gasteiger charge is -2.30. The van der Waals surface area contributed by atoms with Gasteiger partial charge in [-0.3, -0.25) is 9.59 Å². The fraction of sp³-hybridized carbons (Fsp3) is 0.250. The summed E-state index contributed by atoms with van der Waals surface area (Å²) in [4.78, 5) is 24.1. The second-order valence-corrected chi connectivity index (χ2v) is 5.57. The largest absolute Gasteiger partial charge is 0.507 e. The first-order valence-corrected chi connectivity index (χ1v) is 6.36. The summed E-state index contributed by atoms with van der Waals surface area (Å²) in [6, 6.07) is 3.33. The molecule has 3 rings (SSSR count). The third-order valence-corrected chi connectivity index (χ3v) is 3.61. The highest BCUT2D eigenvalue weighted by Crippen LogP contribution is 2.39. The molecular formula is C16H14O4. The van der Waals surface area contributed by atoms with E-state index in [9.17, 15) is 14.7 Å². The Hall–Kier alpha value is -2.36. The van der Waals surface area contributed by atoms with Crippen LogP contribution in [-0.4, -0.2) is 22.3 Å². The molecular weight excluding hydrogens is 256 g/mol. The Morgan fingerprint density at radius 2 is 1.85 bits per heavy atom. The molecule has 1 N–H and O–H groups in total. The average Bonchev–Trinajstić information content (AvgIpc) is 2.40. The van der Waals surface area contributed by atoms with Crippen molar-refractivity contribution in [3.05, 3.63) is 40.5 Å². The zero-order valence-corrected chi connectivity index (χ0v) is 11.5. The van der Waals surface area contributed by atoms with Crippen LogP contribution in [0.15, 0.2) is 23.8 Å². The van der Waals surface area contributed by atoms with Crippen molar-refractivity contribution in [3.63, 3.8) is 0 Å². The molecule has 1 aromatic carbocycles. The van der Waals surface area contributed by atoms with Crippen LogP contribution in [0, 0.1) is 0 Å². The van der Waals surface area contributed by atoms with Crippen LogP contribution in [0.2, 0.25) is 0 Å². The summed E-state index contributed by atoms with van der Waals surface area (Å²) in [6.07, 6.45) is 3.60. The third kappa shape index (κ3) is 1.61. The molecule has 0 bridgehead atoms. The molecule has 0 saturated carbocycles. The van der Waals surface area contributed by atoms with Crippen LogP contribution in [0.1, 0.15) is 42.3 Å². The SMILES string of the molecule is CC1=C(O)c2ccc3c(c2C(=O)C1=O)C=CC(C)(C)O3. The van der Waals surface area contributed by atoms with Crippen molar-refractivity contribution in [3.8, 4) is 5.75 Å². The van der Waals surface area contributed by atoms with E-state index in [0.717, 1.165) is 0 Å². The van der Waals surface area contributed by atoms with Gasteiger partial charge >= 0.3 is 0 Å². The van der Waals surface area contributed by atoms with Crippen molar-refractivity contribution in [1.82, 2.24) is 0 Å². The summed E-state index contributed by atoms with van der Waals surface area (Å²) in [5.74, 6) is -0.850. The first-order valence-electron chi connectivity index (χ1n) is 6.36. The van der Waals surface area contributed by atoms with Crippen LogP contribution < -0.4 is 4.74 Å². The van der Waals surface area contributed by atoms with E-state index in [0.29, 0.717) is 16.9 Å². The maximum absolute atomic E-state index is 12.2. The number of ether oxygens (including phenoxy) is 1. The standard InChI is InChI=1S/C16H14O4/c1-8-13(17)10-4-5-11-9(6-7-16(2,3)20-11)12(10)15(19)14(8)18/h4-7,17H,1-3H3. The molecule has 0 amide bonds. The fourth-order valence-electron chi connectivity index (χ4n) is 2.49. The number of ketones is 2. The van der Waals surface area contributed by atoms with E-state index in [2.05, 4.69) is 0 Å². The molecule has 2 aliphatic rings. The molecule has 1 heterocycles. The molecule has 4 nitrogen and oxygen atoms in total. The molecule has 1 aromatic rings.